The minimum atomic E-state index is -1.14. The van der Waals surface area contributed by atoms with Gasteiger partial charge in [-0.2, -0.15) is 0 Å². The van der Waals surface area contributed by atoms with Gasteiger partial charge in [-0.05, 0) is 38.1 Å². The predicted molar refractivity (Wildman–Crippen MR) is 97.0 cm³/mol. The van der Waals surface area contributed by atoms with E-state index in [1.165, 1.54) is 0 Å². The summed E-state index contributed by atoms with van der Waals surface area (Å²) < 4.78 is 17.9. The van der Waals surface area contributed by atoms with Crippen LogP contribution in [0, 0.1) is 13.8 Å². The zero-order chi connectivity index (χ0) is 17.3. The van der Waals surface area contributed by atoms with E-state index in [4.69, 9.17) is 4.42 Å². The van der Waals surface area contributed by atoms with Crippen LogP contribution >= 0.6 is 0 Å². The Balaban J connectivity index is 1.97. The number of fused-ring (bicyclic) bond motifs is 1. The highest BCUT2D eigenvalue weighted by atomic mass is 32.2. The first-order valence-electron chi connectivity index (χ1n) is 7.79. The van der Waals surface area contributed by atoms with Crippen molar-refractivity contribution >= 4 is 33.4 Å². The van der Waals surface area contributed by atoms with Crippen molar-refractivity contribution in [1.82, 2.24) is 0 Å². The van der Waals surface area contributed by atoms with Crippen molar-refractivity contribution in [1.29, 1.82) is 0 Å². The fourth-order valence-corrected chi connectivity index (χ4v) is 3.56. The van der Waals surface area contributed by atoms with Crippen molar-refractivity contribution < 1.29 is 13.4 Å². The lowest BCUT2D eigenvalue weighted by molar-refractivity contribution is 0.0997. The van der Waals surface area contributed by atoms with Crippen LogP contribution in [0.1, 0.15) is 28.6 Å². The molecule has 0 saturated heterocycles. The number of anilines is 1. The van der Waals surface area contributed by atoms with Gasteiger partial charge >= 0.3 is 0 Å². The minimum absolute atomic E-state index is 0.285. The van der Waals surface area contributed by atoms with Crippen LogP contribution in [0.15, 0.2) is 51.8 Å². The second-order valence-electron chi connectivity index (χ2n) is 5.64. The molecule has 5 heteroatoms. The highest BCUT2D eigenvalue weighted by Crippen LogP contribution is 2.27. The molecule has 1 atom stereocenters. The zero-order valence-electron chi connectivity index (χ0n) is 13.9. The van der Waals surface area contributed by atoms with Crippen LogP contribution in [-0.4, -0.2) is 15.9 Å². The van der Waals surface area contributed by atoms with E-state index in [-0.39, 0.29) is 11.7 Å². The summed E-state index contributed by atoms with van der Waals surface area (Å²) in [7, 11) is -1.14. The monoisotopic (exact) mass is 341 g/mol. The molecule has 1 heterocycles. The molecule has 3 aromatic rings. The number of hydrogen-bond donors (Lipinski definition) is 1. The summed E-state index contributed by atoms with van der Waals surface area (Å²) in [6.45, 7) is 5.72. The number of para-hydroxylation sites is 1. The van der Waals surface area contributed by atoms with E-state index in [9.17, 15) is 9.00 Å². The van der Waals surface area contributed by atoms with Gasteiger partial charge in [0.2, 0.25) is 0 Å². The van der Waals surface area contributed by atoms with Crippen LogP contribution in [-0.2, 0) is 10.8 Å². The van der Waals surface area contributed by atoms with Gasteiger partial charge in [0.15, 0.2) is 5.76 Å². The number of rotatable bonds is 4. The van der Waals surface area contributed by atoms with Gasteiger partial charge < -0.3 is 9.73 Å². The summed E-state index contributed by atoms with van der Waals surface area (Å²) >= 11 is 0. The predicted octanol–water partition coefficient (Wildman–Crippen LogP) is 4.43. The van der Waals surface area contributed by atoms with Gasteiger partial charge in [0.1, 0.15) is 5.58 Å². The Labute approximate surface area is 143 Å². The zero-order valence-corrected chi connectivity index (χ0v) is 14.7. The summed E-state index contributed by atoms with van der Waals surface area (Å²) in [4.78, 5) is 13.3. The Morgan fingerprint density at radius 2 is 1.92 bits per heavy atom. The Morgan fingerprint density at radius 1 is 1.17 bits per heavy atom. The molecule has 124 valence electrons. The molecule has 4 nitrogen and oxygen atoms in total. The molecule has 0 fully saturated rings. The second kappa shape index (κ2) is 6.61. The average molecular weight is 341 g/mol. The van der Waals surface area contributed by atoms with Crippen molar-refractivity contribution in [3.63, 3.8) is 0 Å². The third-order valence-corrected chi connectivity index (χ3v) is 5.31. The number of benzene rings is 2. The third-order valence-electron chi connectivity index (χ3n) is 3.94. The molecule has 0 unspecified atom stereocenters. The standard InChI is InChI=1S/C19H19NO3S/c1-4-24(22)17-8-6-5-7-15(17)20-19(21)18-13(3)14-11-12(2)9-10-16(14)23-18/h5-11H,4H2,1-3H3,(H,20,21)/t24-/m1/s1. The Kier molecular flexibility index (Phi) is 4.53. The van der Waals surface area contributed by atoms with Crippen molar-refractivity contribution in [2.75, 3.05) is 11.1 Å². The number of carbonyl (C=O) groups excluding carboxylic acids is 1. The van der Waals surface area contributed by atoms with E-state index >= 15 is 0 Å². The molecule has 0 bridgehead atoms. The number of amides is 1. The molecule has 1 aromatic heterocycles. The number of hydrogen-bond acceptors (Lipinski definition) is 3. The summed E-state index contributed by atoms with van der Waals surface area (Å²) in [5, 5.41) is 3.77. The van der Waals surface area contributed by atoms with Gasteiger partial charge in [0.25, 0.3) is 5.91 Å². The van der Waals surface area contributed by atoms with Gasteiger partial charge in [0.05, 0.1) is 21.4 Å². The molecule has 1 N–H and O–H groups in total. The molecule has 0 saturated carbocycles. The molecule has 24 heavy (non-hydrogen) atoms. The molecule has 2 aromatic carbocycles. The van der Waals surface area contributed by atoms with Crippen LogP contribution in [0.3, 0.4) is 0 Å². The summed E-state index contributed by atoms with van der Waals surface area (Å²) in [6.07, 6.45) is 0. The summed E-state index contributed by atoms with van der Waals surface area (Å²) in [5.41, 5.74) is 3.16. The molecule has 0 spiro atoms. The van der Waals surface area contributed by atoms with Crippen molar-refractivity contribution in [3.05, 3.63) is 59.4 Å². The first-order valence-corrected chi connectivity index (χ1v) is 9.11. The number of furan rings is 1. The summed E-state index contributed by atoms with van der Waals surface area (Å²) in [5.74, 6) is 0.449. The van der Waals surface area contributed by atoms with E-state index in [1.807, 2.05) is 45.0 Å². The highest BCUT2D eigenvalue weighted by Gasteiger charge is 2.19. The van der Waals surface area contributed by atoms with Gasteiger partial charge in [-0.3, -0.25) is 9.00 Å². The molecule has 0 aliphatic carbocycles. The van der Waals surface area contributed by atoms with Crippen LogP contribution in [0.2, 0.25) is 0 Å². The fourth-order valence-electron chi connectivity index (χ4n) is 2.65. The van der Waals surface area contributed by atoms with Crippen molar-refractivity contribution in [2.45, 2.75) is 25.7 Å². The Hall–Kier alpha value is -2.40. The van der Waals surface area contributed by atoms with Crippen LogP contribution in [0.4, 0.5) is 5.69 Å². The van der Waals surface area contributed by atoms with Crippen LogP contribution in [0.5, 0.6) is 0 Å². The number of aryl methyl sites for hydroxylation is 2. The largest absolute Gasteiger partial charge is 0.451 e. The third kappa shape index (κ3) is 2.99. The number of nitrogens with one attached hydrogen (secondary N) is 1. The number of carbonyl (C=O) groups is 1. The molecule has 0 aliphatic rings. The van der Waals surface area contributed by atoms with Crippen molar-refractivity contribution in [2.24, 2.45) is 0 Å². The van der Waals surface area contributed by atoms with E-state index in [0.717, 1.165) is 16.5 Å². The molecular weight excluding hydrogens is 322 g/mol. The second-order valence-corrected chi connectivity index (χ2v) is 7.35. The molecular formula is C19H19NO3S. The van der Waals surface area contributed by atoms with Crippen molar-refractivity contribution in [3.8, 4) is 0 Å². The summed E-state index contributed by atoms with van der Waals surface area (Å²) in [6, 6.07) is 13.0. The average Bonchev–Trinajstić information content (AvgIpc) is 2.91. The van der Waals surface area contributed by atoms with E-state index in [1.54, 1.807) is 18.2 Å². The quantitative estimate of drug-likeness (QED) is 0.764. The van der Waals surface area contributed by atoms with E-state index in [2.05, 4.69) is 5.32 Å². The Morgan fingerprint density at radius 3 is 2.67 bits per heavy atom. The molecule has 0 radical (unpaired) electrons. The fraction of sp³-hybridized carbons (Fsp3) is 0.211. The van der Waals surface area contributed by atoms with Crippen LogP contribution < -0.4 is 5.32 Å². The minimum Gasteiger partial charge on any atom is -0.451 e. The maximum Gasteiger partial charge on any atom is 0.291 e. The lowest BCUT2D eigenvalue weighted by atomic mass is 10.1. The SMILES string of the molecule is CC[S@@](=O)c1ccccc1NC(=O)c1oc2ccc(C)cc2c1C. The van der Waals surface area contributed by atoms with Gasteiger partial charge in [-0.1, -0.05) is 30.7 Å². The van der Waals surface area contributed by atoms with Gasteiger partial charge in [-0.15, -0.1) is 0 Å². The smallest absolute Gasteiger partial charge is 0.291 e. The molecule has 1 amide bonds. The Bertz CT molecular complexity index is 943. The van der Waals surface area contributed by atoms with Gasteiger partial charge in [0, 0.05) is 16.7 Å². The lowest BCUT2D eigenvalue weighted by Crippen LogP contribution is -2.14. The maximum absolute atomic E-state index is 12.6. The van der Waals surface area contributed by atoms with Gasteiger partial charge in [-0.25, -0.2) is 0 Å². The maximum atomic E-state index is 12.6. The topological polar surface area (TPSA) is 59.3 Å². The first kappa shape index (κ1) is 16.5. The first-order chi connectivity index (χ1) is 11.5. The highest BCUT2D eigenvalue weighted by molar-refractivity contribution is 7.85. The molecule has 3 rings (SSSR count). The van der Waals surface area contributed by atoms with E-state index < -0.39 is 10.8 Å². The van der Waals surface area contributed by atoms with Crippen LogP contribution in [0.25, 0.3) is 11.0 Å². The van der Waals surface area contributed by atoms with E-state index in [0.29, 0.717) is 21.9 Å². The normalized spacial score (nSPS) is 12.3. The lowest BCUT2D eigenvalue weighted by Gasteiger charge is -2.09. The molecule has 0 aliphatic heterocycles.